The van der Waals surface area contributed by atoms with Crippen molar-refractivity contribution < 1.29 is 13.6 Å². The molecule has 0 bridgehead atoms. The van der Waals surface area contributed by atoms with Crippen molar-refractivity contribution in [3.63, 3.8) is 0 Å². The largest absolute Gasteiger partial charge is 0.347 e. The van der Waals surface area contributed by atoms with Crippen molar-refractivity contribution in [3.05, 3.63) is 0 Å². The second-order valence-corrected chi connectivity index (χ2v) is 4.38. The van der Waals surface area contributed by atoms with Crippen LogP contribution < -0.4 is 0 Å². The predicted molar refractivity (Wildman–Crippen MR) is 47.9 cm³/mol. The number of halogens is 1. The molecule has 0 aromatic heterocycles. The van der Waals surface area contributed by atoms with Crippen molar-refractivity contribution in [2.24, 2.45) is 0 Å². The summed E-state index contributed by atoms with van der Waals surface area (Å²) < 4.78 is 20.7. The Labute approximate surface area is 76.9 Å². The van der Waals surface area contributed by atoms with Gasteiger partial charge in [-0.05, 0) is 0 Å². The number of hydrogen-bond donors (Lipinski definition) is 0. The van der Waals surface area contributed by atoms with Crippen molar-refractivity contribution in [3.8, 4) is 24.7 Å². The zero-order valence-corrected chi connectivity index (χ0v) is 7.98. The second-order valence-electron chi connectivity index (χ2n) is 1.69. The van der Waals surface area contributed by atoms with E-state index < -0.39 is 7.60 Å². The molecule has 0 fully saturated rings. The summed E-state index contributed by atoms with van der Waals surface area (Å²) in [5.74, 6) is 4.30. The minimum absolute atomic E-state index is 0.103. The number of hydrogen-bond acceptors (Lipinski definition) is 3. The summed E-state index contributed by atoms with van der Waals surface area (Å²) in [6.45, 7) is -0.205. The molecule has 0 saturated heterocycles. The first kappa shape index (κ1) is 11.6. The summed E-state index contributed by atoms with van der Waals surface area (Å²) in [5.41, 5.74) is -0.254. The maximum atomic E-state index is 11.3. The molecule has 0 amide bonds. The molecule has 3 nitrogen and oxygen atoms in total. The Bertz CT molecular complexity index is 228. The maximum absolute atomic E-state index is 11.3. The van der Waals surface area contributed by atoms with Crippen LogP contribution >= 0.6 is 19.2 Å². The molecule has 0 aliphatic heterocycles. The van der Waals surface area contributed by atoms with Crippen molar-refractivity contribution in [1.82, 2.24) is 0 Å². The summed E-state index contributed by atoms with van der Waals surface area (Å²) in [6.07, 6.45) is 9.77. The Balaban J connectivity index is 4.00. The molecular formula is C7H8ClO3P. The molecule has 0 N–H and O–H groups in total. The summed E-state index contributed by atoms with van der Waals surface area (Å²) in [6, 6.07) is 0. The third kappa shape index (κ3) is 4.44. The molecule has 0 aliphatic carbocycles. The average Bonchev–Trinajstić information content (AvgIpc) is 2.11. The van der Waals surface area contributed by atoms with Gasteiger partial charge in [0, 0.05) is 0 Å². The van der Waals surface area contributed by atoms with Crippen LogP contribution in [0, 0.1) is 24.7 Å². The van der Waals surface area contributed by atoms with E-state index in [4.69, 9.17) is 33.5 Å². The van der Waals surface area contributed by atoms with Crippen molar-refractivity contribution in [2.45, 2.75) is 0 Å². The quantitative estimate of drug-likeness (QED) is 0.390. The Morgan fingerprint density at radius 2 is 1.67 bits per heavy atom. The van der Waals surface area contributed by atoms with Gasteiger partial charge in [0.2, 0.25) is 0 Å². The molecule has 5 heteroatoms. The molecule has 0 aromatic carbocycles. The monoisotopic (exact) mass is 206 g/mol. The number of rotatable bonds is 5. The predicted octanol–water partition coefficient (Wildman–Crippen LogP) is 1.68. The first-order chi connectivity index (χ1) is 5.68. The van der Waals surface area contributed by atoms with Gasteiger partial charge in [-0.3, -0.25) is 13.6 Å². The van der Waals surface area contributed by atoms with Gasteiger partial charge >= 0.3 is 7.60 Å². The van der Waals surface area contributed by atoms with Crippen LogP contribution in [0.25, 0.3) is 0 Å². The molecule has 0 unspecified atom stereocenters. The molecule has 0 heterocycles. The Morgan fingerprint density at radius 3 is 1.92 bits per heavy atom. The van der Waals surface area contributed by atoms with E-state index in [-0.39, 0.29) is 18.8 Å². The third-order valence-corrected chi connectivity index (χ3v) is 3.05. The number of alkyl halides is 1. The van der Waals surface area contributed by atoms with Gasteiger partial charge in [-0.15, -0.1) is 24.4 Å². The van der Waals surface area contributed by atoms with E-state index in [1.54, 1.807) is 0 Å². The van der Waals surface area contributed by atoms with Crippen LogP contribution in [-0.4, -0.2) is 18.8 Å². The highest BCUT2D eigenvalue weighted by Gasteiger charge is 2.22. The first-order valence-corrected chi connectivity index (χ1v) is 5.26. The number of terminal acetylenes is 2. The molecule has 0 saturated carbocycles. The minimum atomic E-state index is -3.25. The SMILES string of the molecule is C#CCOP(=O)(CCl)OCC#C. The highest BCUT2D eigenvalue weighted by Crippen LogP contribution is 2.48. The van der Waals surface area contributed by atoms with Gasteiger partial charge in [-0.25, -0.2) is 0 Å². The lowest BCUT2D eigenvalue weighted by atomic mass is 10.8. The van der Waals surface area contributed by atoms with Crippen LogP contribution in [-0.2, 0) is 13.6 Å². The van der Waals surface area contributed by atoms with Gasteiger partial charge in [0.15, 0.2) is 0 Å². The topological polar surface area (TPSA) is 35.5 Å². The lowest BCUT2D eigenvalue weighted by Crippen LogP contribution is -1.97. The summed E-state index contributed by atoms with van der Waals surface area (Å²) in [4.78, 5) is 0. The van der Waals surface area contributed by atoms with Crippen LogP contribution in [0.5, 0.6) is 0 Å². The van der Waals surface area contributed by atoms with Gasteiger partial charge in [0.1, 0.15) is 18.8 Å². The molecule has 0 rings (SSSR count). The van der Waals surface area contributed by atoms with E-state index in [0.717, 1.165) is 0 Å². The van der Waals surface area contributed by atoms with E-state index in [1.165, 1.54) is 0 Å². The van der Waals surface area contributed by atoms with E-state index in [2.05, 4.69) is 11.8 Å². The first-order valence-electron chi connectivity index (χ1n) is 2.99. The van der Waals surface area contributed by atoms with Gasteiger partial charge in [0.05, 0.1) is 0 Å². The fourth-order valence-corrected chi connectivity index (χ4v) is 1.55. The van der Waals surface area contributed by atoms with Crippen LogP contribution in [0.15, 0.2) is 0 Å². The zero-order valence-electron chi connectivity index (χ0n) is 6.33. The van der Waals surface area contributed by atoms with Crippen LogP contribution in [0.2, 0.25) is 0 Å². The molecule has 0 radical (unpaired) electrons. The fraction of sp³-hybridized carbons (Fsp3) is 0.429. The molecule has 66 valence electrons. The minimum Gasteiger partial charge on any atom is -0.295 e. The van der Waals surface area contributed by atoms with E-state index in [9.17, 15) is 4.57 Å². The second kappa shape index (κ2) is 6.12. The third-order valence-electron chi connectivity index (χ3n) is 0.836. The van der Waals surface area contributed by atoms with Crippen LogP contribution in [0.3, 0.4) is 0 Å². The lowest BCUT2D eigenvalue weighted by Gasteiger charge is -2.12. The fourth-order valence-electron chi connectivity index (χ4n) is 0.378. The molecule has 0 spiro atoms. The van der Waals surface area contributed by atoms with Gasteiger partial charge < -0.3 is 0 Å². The zero-order chi connectivity index (χ0) is 9.45. The maximum Gasteiger partial charge on any atom is 0.347 e. The molecule has 0 aromatic rings. The standard InChI is InChI=1S/C7H8ClO3P/c1-3-5-10-12(9,7-8)11-6-4-2/h1-2H,5-7H2. The Hall–Kier alpha value is -0.440. The Morgan fingerprint density at radius 1 is 1.25 bits per heavy atom. The van der Waals surface area contributed by atoms with Crippen molar-refractivity contribution in [2.75, 3.05) is 18.8 Å². The molecule has 12 heavy (non-hydrogen) atoms. The smallest absolute Gasteiger partial charge is 0.295 e. The van der Waals surface area contributed by atoms with Gasteiger partial charge in [-0.2, -0.15) is 0 Å². The van der Waals surface area contributed by atoms with E-state index in [1.807, 2.05) is 0 Å². The lowest BCUT2D eigenvalue weighted by molar-refractivity contribution is 0.246. The summed E-state index contributed by atoms with van der Waals surface area (Å²) in [7, 11) is -3.25. The molecular weight excluding hydrogens is 199 g/mol. The van der Waals surface area contributed by atoms with Gasteiger partial charge in [-0.1, -0.05) is 11.8 Å². The average molecular weight is 207 g/mol. The van der Waals surface area contributed by atoms with Crippen molar-refractivity contribution in [1.29, 1.82) is 0 Å². The van der Waals surface area contributed by atoms with E-state index >= 15 is 0 Å². The highest BCUT2D eigenvalue weighted by atomic mass is 35.5. The normalized spacial score (nSPS) is 10.2. The summed E-state index contributed by atoms with van der Waals surface area (Å²) >= 11 is 5.33. The van der Waals surface area contributed by atoms with Crippen LogP contribution in [0.4, 0.5) is 0 Å². The van der Waals surface area contributed by atoms with Gasteiger partial charge in [0.25, 0.3) is 0 Å². The van der Waals surface area contributed by atoms with Crippen molar-refractivity contribution >= 4 is 19.2 Å². The highest BCUT2D eigenvalue weighted by molar-refractivity contribution is 7.55. The molecule has 0 aliphatic rings. The molecule has 0 atom stereocenters. The Kier molecular flexibility index (Phi) is 5.89. The summed E-state index contributed by atoms with van der Waals surface area (Å²) in [5, 5.41) is 0. The van der Waals surface area contributed by atoms with Crippen LogP contribution in [0.1, 0.15) is 0 Å². The van der Waals surface area contributed by atoms with E-state index in [0.29, 0.717) is 0 Å².